The summed E-state index contributed by atoms with van der Waals surface area (Å²) in [5, 5.41) is 4.30. The molecule has 1 heterocycles. The minimum atomic E-state index is 0.983. The monoisotopic (exact) mass is 181 g/mol. The first-order chi connectivity index (χ1) is 6.22. The van der Waals surface area contributed by atoms with E-state index >= 15 is 0 Å². The number of hydrogen-bond donors (Lipinski definition) is 0. The summed E-state index contributed by atoms with van der Waals surface area (Å²) in [6.45, 7) is 4.22. The van der Waals surface area contributed by atoms with Crippen LogP contribution in [0.25, 0.3) is 0 Å². The first-order valence-electron chi connectivity index (χ1n) is 4.88. The lowest BCUT2D eigenvalue weighted by atomic mass is 10.2. The highest BCUT2D eigenvalue weighted by Gasteiger charge is 1.97. The van der Waals surface area contributed by atoms with Crippen LogP contribution in [0.3, 0.4) is 0 Å². The summed E-state index contributed by atoms with van der Waals surface area (Å²) in [6.07, 6.45) is 6.45. The number of likely N-dealkylation sites (N-methyl/N-ethyl adjacent to an activating group) is 1. The molecule has 1 rings (SSSR count). The summed E-state index contributed by atoms with van der Waals surface area (Å²) in [4.78, 5) is 2.17. The van der Waals surface area contributed by atoms with Gasteiger partial charge in [0.1, 0.15) is 0 Å². The molecule has 1 aromatic heterocycles. The summed E-state index contributed by atoms with van der Waals surface area (Å²) in [5.74, 6) is 0. The average molecular weight is 181 g/mol. The standard InChI is InChI=1S/C10H19N3/c1-4-5-10-8-11-13(9-10)7-6-12(2)3/h8-9H,4-7H2,1-3H3. The Hall–Kier alpha value is -0.830. The van der Waals surface area contributed by atoms with Crippen molar-refractivity contribution in [3.63, 3.8) is 0 Å². The van der Waals surface area contributed by atoms with Gasteiger partial charge in [0.2, 0.25) is 0 Å². The highest BCUT2D eigenvalue weighted by atomic mass is 15.3. The fourth-order valence-electron chi connectivity index (χ4n) is 1.25. The molecule has 0 aromatic carbocycles. The van der Waals surface area contributed by atoms with Crippen LogP contribution < -0.4 is 0 Å². The van der Waals surface area contributed by atoms with Gasteiger partial charge in [-0.05, 0) is 26.1 Å². The molecule has 0 saturated heterocycles. The predicted molar refractivity (Wildman–Crippen MR) is 54.8 cm³/mol. The SMILES string of the molecule is CCCc1cnn(CCN(C)C)c1. The summed E-state index contributed by atoms with van der Waals surface area (Å²) < 4.78 is 2.02. The molecule has 0 N–H and O–H groups in total. The van der Waals surface area contributed by atoms with Crippen LogP contribution >= 0.6 is 0 Å². The smallest absolute Gasteiger partial charge is 0.0536 e. The molecule has 0 amide bonds. The van der Waals surface area contributed by atoms with Crippen LogP contribution in [-0.2, 0) is 13.0 Å². The lowest BCUT2D eigenvalue weighted by Gasteiger charge is -2.08. The number of nitrogens with zero attached hydrogens (tertiary/aromatic N) is 3. The molecule has 0 atom stereocenters. The lowest BCUT2D eigenvalue weighted by Crippen LogP contribution is -2.18. The Bertz CT molecular complexity index is 240. The van der Waals surface area contributed by atoms with Crippen molar-refractivity contribution in [3.05, 3.63) is 18.0 Å². The molecule has 0 bridgehead atoms. The van der Waals surface area contributed by atoms with Crippen molar-refractivity contribution >= 4 is 0 Å². The molecule has 74 valence electrons. The number of aromatic nitrogens is 2. The van der Waals surface area contributed by atoms with Crippen LogP contribution in [0.2, 0.25) is 0 Å². The van der Waals surface area contributed by atoms with E-state index in [4.69, 9.17) is 0 Å². The zero-order chi connectivity index (χ0) is 9.68. The molecule has 0 saturated carbocycles. The largest absolute Gasteiger partial charge is 0.308 e. The molecule has 3 heteroatoms. The van der Waals surface area contributed by atoms with Gasteiger partial charge >= 0.3 is 0 Å². The molecule has 0 radical (unpaired) electrons. The van der Waals surface area contributed by atoms with E-state index in [9.17, 15) is 0 Å². The topological polar surface area (TPSA) is 21.1 Å². The van der Waals surface area contributed by atoms with Crippen molar-refractivity contribution in [2.75, 3.05) is 20.6 Å². The van der Waals surface area contributed by atoms with Crippen LogP contribution in [0.5, 0.6) is 0 Å². The number of hydrogen-bond acceptors (Lipinski definition) is 2. The fourth-order valence-corrected chi connectivity index (χ4v) is 1.25. The second-order valence-corrected chi connectivity index (χ2v) is 3.66. The van der Waals surface area contributed by atoms with Crippen molar-refractivity contribution in [2.45, 2.75) is 26.3 Å². The van der Waals surface area contributed by atoms with Gasteiger partial charge in [0.15, 0.2) is 0 Å². The minimum absolute atomic E-state index is 0.983. The van der Waals surface area contributed by atoms with E-state index in [1.165, 1.54) is 12.0 Å². The van der Waals surface area contributed by atoms with E-state index in [0.717, 1.165) is 19.5 Å². The summed E-state index contributed by atoms with van der Waals surface area (Å²) in [5.41, 5.74) is 1.35. The quantitative estimate of drug-likeness (QED) is 0.684. The van der Waals surface area contributed by atoms with Gasteiger partial charge in [-0.1, -0.05) is 13.3 Å². The fraction of sp³-hybridized carbons (Fsp3) is 0.700. The third-order valence-electron chi connectivity index (χ3n) is 2.00. The Morgan fingerprint density at radius 1 is 1.46 bits per heavy atom. The van der Waals surface area contributed by atoms with E-state index in [-0.39, 0.29) is 0 Å². The van der Waals surface area contributed by atoms with Crippen LogP contribution in [0.4, 0.5) is 0 Å². The molecule has 0 unspecified atom stereocenters. The first-order valence-corrected chi connectivity index (χ1v) is 4.88. The highest BCUT2D eigenvalue weighted by molar-refractivity contribution is 5.03. The molecule has 13 heavy (non-hydrogen) atoms. The summed E-state index contributed by atoms with van der Waals surface area (Å²) in [6, 6.07) is 0. The van der Waals surface area contributed by atoms with Gasteiger partial charge in [-0.3, -0.25) is 4.68 Å². The highest BCUT2D eigenvalue weighted by Crippen LogP contribution is 2.00. The Morgan fingerprint density at radius 3 is 2.85 bits per heavy atom. The van der Waals surface area contributed by atoms with Crippen molar-refractivity contribution in [1.82, 2.24) is 14.7 Å². The number of aryl methyl sites for hydroxylation is 1. The maximum absolute atomic E-state index is 4.30. The molecule has 3 nitrogen and oxygen atoms in total. The van der Waals surface area contributed by atoms with Gasteiger partial charge in [0.25, 0.3) is 0 Å². The van der Waals surface area contributed by atoms with E-state index in [1.807, 2.05) is 10.9 Å². The molecular weight excluding hydrogens is 162 g/mol. The normalized spacial score (nSPS) is 11.1. The van der Waals surface area contributed by atoms with Crippen LogP contribution in [-0.4, -0.2) is 35.3 Å². The van der Waals surface area contributed by atoms with Crippen LogP contribution in [0.15, 0.2) is 12.4 Å². The molecule has 0 fully saturated rings. The van der Waals surface area contributed by atoms with E-state index < -0.39 is 0 Å². The number of rotatable bonds is 5. The predicted octanol–water partition coefficient (Wildman–Crippen LogP) is 1.40. The second-order valence-electron chi connectivity index (χ2n) is 3.66. The molecule has 0 aliphatic rings. The van der Waals surface area contributed by atoms with Crippen LogP contribution in [0, 0.1) is 0 Å². The van der Waals surface area contributed by atoms with E-state index in [1.54, 1.807) is 0 Å². The van der Waals surface area contributed by atoms with Gasteiger partial charge in [-0.2, -0.15) is 5.10 Å². The van der Waals surface area contributed by atoms with E-state index in [2.05, 4.69) is 37.2 Å². The van der Waals surface area contributed by atoms with Gasteiger partial charge in [-0.25, -0.2) is 0 Å². The third kappa shape index (κ3) is 3.59. The van der Waals surface area contributed by atoms with Gasteiger partial charge < -0.3 is 4.90 Å². The Balaban J connectivity index is 2.39. The van der Waals surface area contributed by atoms with E-state index in [0.29, 0.717) is 0 Å². The van der Waals surface area contributed by atoms with Crippen molar-refractivity contribution < 1.29 is 0 Å². The van der Waals surface area contributed by atoms with Gasteiger partial charge in [0.05, 0.1) is 12.7 Å². The van der Waals surface area contributed by atoms with Gasteiger partial charge in [0, 0.05) is 12.7 Å². The Labute approximate surface area is 80.4 Å². The lowest BCUT2D eigenvalue weighted by molar-refractivity contribution is 0.373. The first kappa shape index (κ1) is 10.3. The average Bonchev–Trinajstić information content (AvgIpc) is 2.50. The zero-order valence-electron chi connectivity index (χ0n) is 8.82. The van der Waals surface area contributed by atoms with Crippen molar-refractivity contribution in [2.24, 2.45) is 0 Å². The van der Waals surface area contributed by atoms with Crippen molar-refractivity contribution in [3.8, 4) is 0 Å². The second kappa shape index (κ2) is 5.02. The molecule has 0 aliphatic heterocycles. The van der Waals surface area contributed by atoms with Crippen LogP contribution in [0.1, 0.15) is 18.9 Å². The summed E-state index contributed by atoms with van der Waals surface area (Å²) in [7, 11) is 4.16. The maximum atomic E-state index is 4.30. The third-order valence-corrected chi connectivity index (χ3v) is 2.00. The Morgan fingerprint density at radius 2 is 2.23 bits per heavy atom. The van der Waals surface area contributed by atoms with Gasteiger partial charge in [-0.15, -0.1) is 0 Å². The molecular formula is C10H19N3. The maximum Gasteiger partial charge on any atom is 0.0536 e. The van der Waals surface area contributed by atoms with Crippen molar-refractivity contribution in [1.29, 1.82) is 0 Å². The molecule has 0 spiro atoms. The molecule has 1 aromatic rings. The minimum Gasteiger partial charge on any atom is -0.308 e. The zero-order valence-corrected chi connectivity index (χ0v) is 8.82. The summed E-state index contributed by atoms with van der Waals surface area (Å²) >= 11 is 0. The Kier molecular flexibility index (Phi) is 3.96. The molecule has 0 aliphatic carbocycles.